The van der Waals surface area contributed by atoms with Gasteiger partial charge in [-0.1, -0.05) is 79.7 Å². The molecule has 5 aromatic rings. The number of hydrogen-bond donors (Lipinski definition) is 1. The van der Waals surface area contributed by atoms with Crippen molar-refractivity contribution in [1.29, 1.82) is 0 Å². The van der Waals surface area contributed by atoms with E-state index in [-0.39, 0.29) is 13.2 Å². The van der Waals surface area contributed by atoms with Gasteiger partial charge in [0.05, 0.1) is 53.9 Å². The molecule has 8 nitrogen and oxygen atoms in total. The molecule has 8 heteroatoms. The predicted octanol–water partition coefficient (Wildman–Crippen LogP) is 7.70. The second-order valence-corrected chi connectivity index (χ2v) is 13.3. The Morgan fingerprint density at radius 3 is 2.19 bits per heavy atom. The molecule has 2 aliphatic heterocycles. The van der Waals surface area contributed by atoms with Gasteiger partial charge in [-0.2, -0.15) is 0 Å². The summed E-state index contributed by atoms with van der Waals surface area (Å²) in [7, 11) is 3.33. The van der Waals surface area contributed by atoms with Crippen molar-refractivity contribution in [3.05, 3.63) is 125 Å². The standard InChI is InChI=1S/C44H45NO7/c1-4-43(51-27-26-50-25-22-46)37-13-9-8-12-33(37)40-35-28-38(47-2)39(48-3)29-36(35)42-34(41(40)43)18-19-44(52-42,30-10-6-5-7-11-30)31-14-16-32(17-15-31)45-20-23-49-24-21-45/h5-19,28-29,46H,4,20-27H2,1-3H3. The fraction of sp³-hybridized carbons (Fsp3) is 0.318. The minimum atomic E-state index is -0.925. The summed E-state index contributed by atoms with van der Waals surface area (Å²) in [4.78, 5) is 2.36. The van der Waals surface area contributed by atoms with E-state index in [4.69, 9.17) is 28.4 Å². The van der Waals surface area contributed by atoms with Crippen LogP contribution >= 0.6 is 0 Å². The number of nitrogens with zero attached hydrogens (tertiary/aromatic N) is 1. The van der Waals surface area contributed by atoms with E-state index in [0.29, 0.717) is 31.1 Å². The monoisotopic (exact) mass is 699 g/mol. The van der Waals surface area contributed by atoms with Gasteiger partial charge in [-0.05, 0) is 58.8 Å². The lowest BCUT2D eigenvalue weighted by molar-refractivity contribution is -0.0499. The summed E-state index contributed by atoms with van der Waals surface area (Å²) in [5.41, 5.74) is 6.86. The fourth-order valence-electron chi connectivity index (χ4n) is 8.32. The third kappa shape index (κ3) is 5.53. The summed E-state index contributed by atoms with van der Waals surface area (Å²) < 4.78 is 37.6. The number of ether oxygens (including phenoxy) is 6. The Balaban J connectivity index is 1.37. The van der Waals surface area contributed by atoms with Crippen molar-refractivity contribution in [3.63, 3.8) is 0 Å². The molecule has 2 unspecified atom stereocenters. The zero-order valence-electron chi connectivity index (χ0n) is 30.0. The molecule has 8 rings (SSSR count). The van der Waals surface area contributed by atoms with Gasteiger partial charge in [0.2, 0.25) is 0 Å². The van der Waals surface area contributed by atoms with Crippen molar-refractivity contribution in [2.45, 2.75) is 24.5 Å². The number of anilines is 1. The zero-order valence-corrected chi connectivity index (χ0v) is 30.0. The van der Waals surface area contributed by atoms with Crippen molar-refractivity contribution >= 4 is 22.5 Å². The van der Waals surface area contributed by atoms with E-state index >= 15 is 0 Å². The SMILES string of the molecule is CCC1(OCCOCCO)c2ccccc2-c2c1c1c(c3cc(OC)c(OC)cc23)OC(c2ccccc2)(c2ccc(N3CCOCC3)cc2)C=C1. The van der Waals surface area contributed by atoms with Crippen LogP contribution < -0.4 is 19.1 Å². The molecule has 5 aromatic carbocycles. The molecular weight excluding hydrogens is 654 g/mol. The van der Waals surface area contributed by atoms with Gasteiger partial charge in [-0.25, -0.2) is 0 Å². The molecule has 0 bridgehead atoms. The lowest BCUT2D eigenvalue weighted by Crippen LogP contribution is -2.37. The van der Waals surface area contributed by atoms with Gasteiger partial charge in [0, 0.05) is 46.4 Å². The average molecular weight is 700 g/mol. The van der Waals surface area contributed by atoms with Gasteiger partial charge in [0.1, 0.15) is 11.4 Å². The van der Waals surface area contributed by atoms with E-state index in [1.54, 1.807) is 14.2 Å². The van der Waals surface area contributed by atoms with Crippen molar-refractivity contribution in [3.8, 4) is 28.4 Å². The van der Waals surface area contributed by atoms with E-state index in [1.807, 2.05) is 12.1 Å². The number of aliphatic hydroxyl groups excluding tert-OH is 1. The van der Waals surface area contributed by atoms with Gasteiger partial charge in [0.15, 0.2) is 17.1 Å². The van der Waals surface area contributed by atoms with Crippen molar-refractivity contribution in [1.82, 2.24) is 0 Å². The average Bonchev–Trinajstić information content (AvgIpc) is 3.51. The molecule has 52 heavy (non-hydrogen) atoms. The van der Waals surface area contributed by atoms with Crippen LogP contribution in [0.1, 0.15) is 41.2 Å². The number of methoxy groups -OCH3 is 2. The van der Waals surface area contributed by atoms with Crippen LogP contribution in [0.5, 0.6) is 17.2 Å². The van der Waals surface area contributed by atoms with Crippen LogP contribution in [0.25, 0.3) is 28.0 Å². The van der Waals surface area contributed by atoms with E-state index in [9.17, 15) is 5.11 Å². The first kappa shape index (κ1) is 34.2. The summed E-state index contributed by atoms with van der Waals surface area (Å²) in [5, 5.41) is 11.2. The number of morpholine rings is 1. The second kappa shape index (κ2) is 14.3. The normalized spacial score (nSPS) is 20.3. The van der Waals surface area contributed by atoms with Crippen molar-refractivity contribution in [2.75, 3.05) is 71.9 Å². The maximum Gasteiger partial charge on any atom is 0.178 e. The Hall–Kier alpha value is -4.86. The second-order valence-electron chi connectivity index (χ2n) is 13.3. The van der Waals surface area contributed by atoms with Gasteiger partial charge < -0.3 is 38.4 Å². The van der Waals surface area contributed by atoms with Crippen LogP contribution in [-0.2, 0) is 25.4 Å². The topological polar surface area (TPSA) is 78.9 Å². The van der Waals surface area contributed by atoms with Gasteiger partial charge in [0.25, 0.3) is 0 Å². The third-order valence-corrected chi connectivity index (χ3v) is 10.8. The minimum Gasteiger partial charge on any atom is -0.493 e. The molecular formula is C44H45NO7. The molecule has 0 spiro atoms. The molecule has 268 valence electrons. The largest absolute Gasteiger partial charge is 0.493 e. The Morgan fingerprint density at radius 1 is 0.788 bits per heavy atom. The molecule has 0 radical (unpaired) electrons. The summed E-state index contributed by atoms with van der Waals surface area (Å²) >= 11 is 0. The Labute approximate surface area is 305 Å². The third-order valence-electron chi connectivity index (χ3n) is 10.8. The zero-order chi connectivity index (χ0) is 35.7. The van der Waals surface area contributed by atoms with E-state index in [1.165, 1.54) is 5.69 Å². The summed E-state index contributed by atoms with van der Waals surface area (Å²) in [6, 6.07) is 31.8. The Bertz CT molecular complexity index is 2090. The molecule has 0 aromatic heterocycles. The predicted molar refractivity (Wildman–Crippen MR) is 204 cm³/mol. The quantitative estimate of drug-likeness (QED) is 0.133. The fourth-order valence-corrected chi connectivity index (χ4v) is 8.32. The highest BCUT2D eigenvalue weighted by Crippen LogP contribution is 2.60. The number of benzene rings is 5. The van der Waals surface area contributed by atoms with Crippen LogP contribution in [0.4, 0.5) is 5.69 Å². The maximum absolute atomic E-state index is 9.31. The van der Waals surface area contributed by atoms with Gasteiger partial charge >= 0.3 is 0 Å². The molecule has 1 N–H and O–H groups in total. The van der Waals surface area contributed by atoms with E-state index in [2.05, 4.69) is 103 Å². The molecule has 1 fully saturated rings. The van der Waals surface area contributed by atoms with Crippen LogP contribution in [-0.4, -0.2) is 72.1 Å². The summed E-state index contributed by atoms with van der Waals surface area (Å²) in [5.74, 6) is 2.02. The van der Waals surface area contributed by atoms with Crippen LogP contribution in [0.15, 0.2) is 97.1 Å². The Morgan fingerprint density at radius 2 is 1.48 bits per heavy atom. The number of rotatable bonds is 12. The molecule has 1 aliphatic carbocycles. The first-order chi connectivity index (χ1) is 25.6. The van der Waals surface area contributed by atoms with Crippen molar-refractivity contribution < 1.29 is 33.5 Å². The molecule has 3 aliphatic rings. The first-order valence-electron chi connectivity index (χ1n) is 18.1. The molecule has 1 saturated heterocycles. The highest BCUT2D eigenvalue weighted by atomic mass is 16.5. The smallest absolute Gasteiger partial charge is 0.178 e. The summed E-state index contributed by atoms with van der Waals surface area (Å²) in [6.45, 7) is 6.32. The molecule has 0 amide bonds. The summed E-state index contributed by atoms with van der Waals surface area (Å²) in [6.07, 6.45) is 5.12. The molecule has 2 atom stereocenters. The van der Waals surface area contributed by atoms with Crippen molar-refractivity contribution in [2.24, 2.45) is 0 Å². The lowest BCUT2D eigenvalue weighted by atomic mass is 9.79. The van der Waals surface area contributed by atoms with Gasteiger partial charge in [-0.15, -0.1) is 0 Å². The van der Waals surface area contributed by atoms with Crippen LogP contribution in [0.2, 0.25) is 0 Å². The first-order valence-corrected chi connectivity index (χ1v) is 18.1. The number of hydrogen-bond acceptors (Lipinski definition) is 8. The van der Waals surface area contributed by atoms with Crippen LogP contribution in [0, 0.1) is 0 Å². The number of fused-ring (bicyclic) bond motifs is 8. The van der Waals surface area contributed by atoms with Crippen LogP contribution in [0.3, 0.4) is 0 Å². The molecule has 0 saturated carbocycles. The lowest BCUT2D eigenvalue weighted by Gasteiger charge is -2.39. The highest BCUT2D eigenvalue weighted by molar-refractivity contribution is 6.09. The van der Waals surface area contributed by atoms with Gasteiger partial charge in [-0.3, -0.25) is 0 Å². The van der Waals surface area contributed by atoms with E-state index < -0.39 is 11.2 Å². The highest BCUT2D eigenvalue weighted by Gasteiger charge is 2.48. The number of aliphatic hydroxyl groups is 1. The maximum atomic E-state index is 9.31. The Kier molecular flexibility index (Phi) is 9.40. The minimum absolute atomic E-state index is 0.0311. The van der Waals surface area contributed by atoms with E-state index in [0.717, 1.165) is 81.8 Å². The molecule has 2 heterocycles.